The van der Waals surface area contributed by atoms with Gasteiger partial charge in [0.05, 0.1) is 19.3 Å². The lowest BCUT2D eigenvalue weighted by molar-refractivity contribution is -0.0239. The predicted octanol–water partition coefficient (Wildman–Crippen LogP) is 3.20. The van der Waals surface area contributed by atoms with Crippen LogP contribution in [0.5, 0.6) is 0 Å². The third kappa shape index (κ3) is 3.20. The van der Waals surface area contributed by atoms with Crippen LogP contribution in [0.1, 0.15) is 22.2 Å². The van der Waals surface area contributed by atoms with Crippen molar-refractivity contribution in [3.63, 3.8) is 0 Å². The highest BCUT2D eigenvalue weighted by molar-refractivity contribution is 6.34. The van der Waals surface area contributed by atoms with Gasteiger partial charge in [-0.2, -0.15) is 0 Å². The summed E-state index contributed by atoms with van der Waals surface area (Å²) in [5.41, 5.74) is 0.850. The fourth-order valence-corrected chi connectivity index (χ4v) is 2.82. The largest absolute Gasteiger partial charge is 0.370 e. The van der Waals surface area contributed by atoms with Crippen LogP contribution >= 0.6 is 23.2 Å². The molecule has 1 aromatic heterocycles. The normalized spacial score (nSPS) is 18.8. The lowest BCUT2D eigenvalue weighted by atomic mass is 10.1. The number of carbonyl (C=O) groups excluding carboxylic acids is 1. The van der Waals surface area contributed by atoms with Crippen molar-refractivity contribution < 1.29 is 14.1 Å². The second-order valence-electron chi connectivity index (χ2n) is 4.69. The summed E-state index contributed by atoms with van der Waals surface area (Å²) in [5.74, 6) is 0.0219. The fourth-order valence-electron chi connectivity index (χ4n) is 2.28. The lowest BCUT2D eigenvalue weighted by Crippen LogP contribution is -2.42. The Morgan fingerprint density at radius 3 is 2.71 bits per heavy atom. The Balaban J connectivity index is 1.78. The van der Waals surface area contributed by atoms with E-state index < -0.39 is 0 Å². The van der Waals surface area contributed by atoms with Gasteiger partial charge in [0.25, 0.3) is 5.91 Å². The lowest BCUT2D eigenvalue weighted by Gasteiger charge is -2.32. The first-order valence-corrected chi connectivity index (χ1v) is 7.16. The van der Waals surface area contributed by atoms with Gasteiger partial charge in [0.1, 0.15) is 6.10 Å². The maximum absolute atomic E-state index is 12.3. The van der Waals surface area contributed by atoms with Crippen LogP contribution in [-0.2, 0) is 4.74 Å². The molecule has 0 aliphatic carbocycles. The molecule has 21 heavy (non-hydrogen) atoms. The number of rotatable bonds is 2. The van der Waals surface area contributed by atoms with Crippen LogP contribution in [0.4, 0.5) is 0 Å². The van der Waals surface area contributed by atoms with E-state index in [1.807, 2.05) is 0 Å². The summed E-state index contributed by atoms with van der Waals surface area (Å²) in [6, 6.07) is 6.79. The Bertz CT molecular complexity index is 625. The first-order valence-electron chi connectivity index (χ1n) is 6.41. The molecule has 0 N–H and O–H groups in total. The number of aromatic nitrogens is 1. The molecule has 1 saturated heterocycles. The zero-order valence-corrected chi connectivity index (χ0v) is 12.5. The van der Waals surface area contributed by atoms with E-state index >= 15 is 0 Å². The molecule has 1 aromatic carbocycles. The molecule has 1 amide bonds. The van der Waals surface area contributed by atoms with Gasteiger partial charge in [0, 0.05) is 22.7 Å². The zero-order chi connectivity index (χ0) is 14.8. The molecule has 5 nitrogen and oxygen atoms in total. The highest BCUT2D eigenvalue weighted by atomic mass is 35.5. The molecule has 0 saturated carbocycles. The highest BCUT2D eigenvalue weighted by Crippen LogP contribution is 2.28. The third-order valence-electron chi connectivity index (χ3n) is 3.26. The van der Waals surface area contributed by atoms with Gasteiger partial charge in [-0.1, -0.05) is 28.4 Å². The Kier molecular flexibility index (Phi) is 4.14. The maximum Gasteiger partial charge on any atom is 0.292 e. The molecule has 2 aromatic rings. The van der Waals surface area contributed by atoms with Crippen LogP contribution < -0.4 is 0 Å². The molecule has 1 atom stereocenters. The quantitative estimate of drug-likeness (QED) is 0.850. The second-order valence-corrected chi connectivity index (χ2v) is 5.56. The van der Waals surface area contributed by atoms with E-state index in [1.165, 1.54) is 6.20 Å². The minimum Gasteiger partial charge on any atom is -0.370 e. The summed E-state index contributed by atoms with van der Waals surface area (Å²) in [5, 5.41) is 4.63. The van der Waals surface area contributed by atoms with Gasteiger partial charge in [-0.15, -0.1) is 0 Å². The Labute approximate surface area is 131 Å². The van der Waals surface area contributed by atoms with E-state index in [2.05, 4.69) is 5.16 Å². The van der Waals surface area contributed by atoms with Gasteiger partial charge in [-0.3, -0.25) is 4.79 Å². The molecule has 7 heteroatoms. The van der Waals surface area contributed by atoms with Crippen molar-refractivity contribution in [2.24, 2.45) is 0 Å². The SMILES string of the molecule is O=C(c1ccno1)N1CCOC(c2cc(Cl)cc(Cl)c2)C1. The van der Waals surface area contributed by atoms with E-state index in [1.54, 1.807) is 29.2 Å². The Morgan fingerprint density at radius 2 is 2.05 bits per heavy atom. The molecule has 1 fully saturated rings. The van der Waals surface area contributed by atoms with E-state index in [4.69, 9.17) is 32.5 Å². The second kappa shape index (κ2) is 6.05. The Morgan fingerprint density at radius 1 is 1.29 bits per heavy atom. The van der Waals surface area contributed by atoms with E-state index in [0.717, 1.165) is 5.56 Å². The number of morpholine rings is 1. The van der Waals surface area contributed by atoms with Gasteiger partial charge < -0.3 is 14.2 Å². The number of hydrogen-bond acceptors (Lipinski definition) is 4. The molecule has 0 radical (unpaired) electrons. The van der Waals surface area contributed by atoms with Crippen molar-refractivity contribution in [1.82, 2.24) is 10.1 Å². The summed E-state index contributed by atoms with van der Waals surface area (Å²) >= 11 is 12.0. The summed E-state index contributed by atoms with van der Waals surface area (Å²) in [4.78, 5) is 13.9. The number of hydrogen-bond donors (Lipinski definition) is 0. The number of carbonyl (C=O) groups is 1. The van der Waals surface area contributed by atoms with Gasteiger partial charge in [-0.25, -0.2) is 0 Å². The minimum atomic E-state index is -0.262. The molecule has 1 unspecified atom stereocenters. The van der Waals surface area contributed by atoms with E-state index in [-0.39, 0.29) is 17.8 Å². The van der Waals surface area contributed by atoms with Crippen LogP contribution in [0.25, 0.3) is 0 Å². The number of benzene rings is 1. The summed E-state index contributed by atoms with van der Waals surface area (Å²) in [6.45, 7) is 1.36. The predicted molar refractivity (Wildman–Crippen MR) is 77.6 cm³/mol. The van der Waals surface area contributed by atoms with Crippen molar-refractivity contribution in [2.45, 2.75) is 6.10 Å². The van der Waals surface area contributed by atoms with Crippen LogP contribution in [-0.4, -0.2) is 35.7 Å². The first-order chi connectivity index (χ1) is 10.1. The average Bonchev–Trinajstić information content (AvgIpc) is 3.00. The summed E-state index contributed by atoms with van der Waals surface area (Å²) in [6.07, 6.45) is 1.18. The first kappa shape index (κ1) is 14.4. The summed E-state index contributed by atoms with van der Waals surface area (Å²) < 4.78 is 10.6. The van der Waals surface area contributed by atoms with Crippen LogP contribution in [0.3, 0.4) is 0 Å². The van der Waals surface area contributed by atoms with Crippen molar-refractivity contribution in [2.75, 3.05) is 19.7 Å². The van der Waals surface area contributed by atoms with Crippen molar-refractivity contribution >= 4 is 29.1 Å². The molecular weight excluding hydrogens is 315 g/mol. The Hall–Kier alpha value is -1.56. The molecular formula is C14H12Cl2N2O3. The van der Waals surface area contributed by atoms with Crippen molar-refractivity contribution in [3.05, 3.63) is 51.8 Å². The average molecular weight is 327 g/mol. The summed E-state index contributed by atoms with van der Waals surface area (Å²) in [7, 11) is 0. The molecule has 2 heterocycles. The van der Waals surface area contributed by atoms with Gasteiger partial charge >= 0.3 is 0 Å². The topological polar surface area (TPSA) is 55.6 Å². The van der Waals surface area contributed by atoms with Crippen LogP contribution in [0, 0.1) is 0 Å². The van der Waals surface area contributed by atoms with Crippen molar-refractivity contribution in [3.8, 4) is 0 Å². The number of amides is 1. The molecule has 0 spiro atoms. The smallest absolute Gasteiger partial charge is 0.292 e. The van der Waals surface area contributed by atoms with Gasteiger partial charge in [0.2, 0.25) is 5.76 Å². The van der Waals surface area contributed by atoms with Crippen molar-refractivity contribution in [1.29, 1.82) is 0 Å². The standard InChI is InChI=1S/C14H12Cl2N2O3/c15-10-5-9(6-11(16)7-10)13-8-18(3-4-20-13)14(19)12-1-2-17-21-12/h1-2,5-7,13H,3-4,8H2. The monoisotopic (exact) mass is 326 g/mol. The molecule has 110 valence electrons. The molecule has 1 aliphatic rings. The molecule has 3 rings (SSSR count). The van der Waals surface area contributed by atoms with E-state index in [0.29, 0.717) is 29.7 Å². The molecule has 1 aliphatic heterocycles. The maximum atomic E-state index is 12.3. The fraction of sp³-hybridized carbons (Fsp3) is 0.286. The van der Waals surface area contributed by atoms with Crippen LogP contribution in [0.2, 0.25) is 10.0 Å². The highest BCUT2D eigenvalue weighted by Gasteiger charge is 2.28. The zero-order valence-electron chi connectivity index (χ0n) is 11.0. The number of nitrogens with zero attached hydrogens (tertiary/aromatic N) is 2. The van der Waals surface area contributed by atoms with Crippen LogP contribution in [0.15, 0.2) is 35.0 Å². The third-order valence-corrected chi connectivity index (χ3v) is 3.70. The number of ether oxygens (including phenoxy) is 1. The number of halogens is 2. The van der Waals surface area contributed by atoms with Gasteiger partial charge in [-0.05, 0) is 23.8 Å². The molecule has 0 bridgehead atoms. The van der Waals surface area contributed by atoms with E-state index in [9.17, 15) is 4.79 Å². The minimum absolute atomic E-state index is 0.200. The van der Waals surface area contributed by atoms with Gasteiger partial charge in [0.15, 0.2) is 0 Å².